The molecule has 5 heteroatoms. The van der Waals surface area contributed by atoms with Crippen LogP contribution >= 0.6 is 0 Å². The van der Waals surface area contributed by atoms with E-state index in [4.69, 9.17) is 9.47 Å². The highest BCUT2D eigenvalue weighted by molar-refractivity contribution is 4.66. The van der Waals surface area contributed by atoms with E-state index in [1.165, 1.54) is 0 Å². The first-order valence-electron chi connectivity index (χ1n) is 4.97. The van der Waals surface area contributed by atoms with Crippen LogP contribution in [-0.4, -0.2) is 45.4 Å². The second-order valence-electron chi connectivity index (χ2n) is 3.31. The van der Waals surface area contributed by atoms with Gasteiger partial charge in [0.25, 0.3) is 6.43 Å². The summed E-state index contributed by atoms with van der Waals surface area (Å²) >= 11 is 0. The van der Waals surface area contributed by atoms with Gasteiger partial charge in [0.2, 0.25) is 0 Å². The largest absolute Gasteiger partial charge is 0.377 e. The second-order valence-corrected chi connectivity index (χ2v) is 3.31. The molecule has 1 unspecified atom stereocenters. The average molecular weight is 209 g/mol. The van der Waals surface area contributed by atoms with E-state index >= 15 is 0 Å². The van der Waals surface area contributed by atoms with Crippen molar-refractivity contribution in [2.75, 3.05) is 32.9 Å². The molecule has 84 valence electrons. The smallest absolute Gasteiger partial charge is 0.261 e. The van der Waals surface area contributed by atoms with E-state index in [0.717, 1.165) is 26.0 Å². The van der Waals surface area contributed by atoms with Crippen LogP contribution < -0.4 is 5.32 Å². The lowest BCUT2D eigenvalue weighted by molar-refractivity contribution is 0.0178. The molecule has 0 radical (unpaired) electrons. The number of nitrogens with one attached hydrogen (secondary N) is 1. The molecule has 1 atom stereocenters. The van der Waals surface area contributed by atoms with Gasteiger partial charge in [-0.1, -0.05) is 0 Å². The van der Waals surface area contributed by atoms with Crippen molar-refractivity contribution in [1.29, 1.82) is 0 Å². The Morgan fingerprint density at radius 2 is 2.36 bits per heavy atom. The Hall–Kier alpha value is -0.260. The molecule has 1 saturated heterocycles. The van der Waals surface area contributed by atoms with Gasteiger partial charge in [0.15, 0.2) is 0 Å². The minimum absolute atomic E-state index is 0.296. The topological polar surface area (TPSA) is 30.5 Å². The van der Waals surface area contributed by atoms with E-state index in [-0.39, 0.29) is 0 Å². The average Bonchev–Trinajstić information content (AvgIpc) is 2.63. The number of ether oxygens (including phenoxy) is 2. The molecule has 1 heterocycles. The summed E-state index contributed by atoms with van der Waals surface area (Å²) in [6.45, 7) is 2.09. The first-order valence-corrected chi connectivity index (χ1v) is 4.97. The van der Waals surface area contributed by atoms with Gasteiger partial charge in [-0.2, -0.15) is 0 Å². The van der Waals surface area contributed by atoms with E-state index < -0.39 is 13.0 Å². The molecule has 1 rings (SSSR count). The van der Waals surface area contributed by atoms with Crippen LogP contribution in [0.5, 0.6) is 0 Å². The lowest BCUT2D eigenvalue weighted by Crippen LogP contribution is -2.29. The summed E-state index contributed by atoms with van der Waals surface area (Å²) in [6.07, 6.45) is 0.136. The molecule has 1 fully saturated rings. The maximum Gasteiger partial charge on any atom is 0.261 e. The van der Waals surface area contributed by atoms with E-state index in [1.54, 1.807) is 0 Å². The monoisotopic (exact) mass is 209 g/mol. The Kier molecular flexibility index (Phi) is 5.98. The van der Waals surface area contributed by atoms with Crippen molar-refractivity contribution in [2.24, 2.45) is 0 Å². The van der Waals surface area contributed by atoms with Crippen LogP contribution in [0.3, 0.4) is 0 Å². The highest BCUT2D eigenvalue weighted by Gasteiger charge is 2.14. The first-order chi connectivity index (χ1) is 6.79. The Morgan fingerprint density at radius 3 is 3.00 bits per heavy atom. The normalized spacial score (nSPS) is 22.1. The van der Waals surface area contributed by atoms with Crippen molar-refractivity contribution in [1.82, 2.24) is 5.32 Å². The molecule has 0 aromatic rings. The van der Waals surface area contributed by atoms with Gasteiger partial charge >= 0.3 is 0 Å². The van der Waals surface area contributed by atoms with Crippen LogP contribution in [0.2, 0.25) is 0 Å². The van der Waals surface area contributed by atoms with Gasteiger partial charge in [0.1, 0.15) is 6.61 Å². The van der Waals surface area contributed by atoms with E-state index in [0.29, 0.717) is 19.3 Å². The summed E-state index contributed by atoms with van der Waals surface area (Å²) in [5.41, 5.74) is 0. The van der Waals surface area contributed by atoms with Crippen LogP contribution in [0.4, 0.5) is 8.78 Å². The molecule has 0 aromatic heterocycles. The van der Waals surface area contributed by atoms with Crippen LogP contribution in [0, 0.1) is 0 Å². The van der Waals surface area contributed by atoms with Gasteiger partial charge in [0.05, 0.1) is 12.7 Å². The minimum Gasteiger partial charge on any atom is -0.377 e. The van der Waals surface area contributed by atoms with Crippen molar-refractivity contribution in [2.45, 2.75) is 25.4 Å². The Balaban J connectivity index is 1.79. The minimum atomic E-state index is -2.37. The molecule has 1 N–H and O–H groups in total. The molecule has 3 nitrogen and oxygen atoms in total. The maximum absolute atomic E-state index is 11.6. The second kappa shape index (κ2) is 7.09. The Morgan fingerprint density at radius 1 is 1.50 bits per heavy atom. The number of alkyl halides is 2. The molecule has 1 aliphatic rings. The fourth-order valence-corrected chi connectivity index (χ4v) is 1.39. The van der Waals surface area contributed by atoms with Crippen LogP contribution in [-0.2, 0) is 9.47 Å². The molecule has 0 amide bonds. The molecule has 0 spiro atoms. The molecule has 0 aliphatic carbocycles. The van der Waals surface area contributed by atoms with E-state index in [2.05, 4.69) is 5.32 Å². The van der Waals surface area contributed by atoms with Gasteiger partial charge < -0.3 is 14.8 Å². The first kappa shape index (κ1) is 11.8. The molecule has 0 bridgehead atoms. The van der Waals surface area contributed by atoms with Crippen molar-refractivity contribution in [3.8, 4) is 0 Å². The summed E-state index contributed by atoms with van der Waals surface area (Å²) < 4.78 is 33.3. The van der Waals surface area contributed by atoms with Gasteiger partial charge in [-0.25, -0.2) is 8.78 Å². The van der Waals surface area contributed by atoms with Gasteiger partial charge in [-0.05, 0) is 12.8 Å². The lowest BCUT2D eigenvalue weighted by Gasteiger charge is -2.10. The molecular formula is C9H17F2NO2. The van der Waals surface area contributed by atoms with Crippen molar-refractivity contribution in [3.63, 3.8) is 0 Å². The number of hydrogen-bond donors (Lipinski definition) is 1. The number of halogens is 2. The van der Waals surface area contributed by atoms with Crippen LogP contribution in [0.15, 0.2) is 0 Å². The fourth-order valence-electron chi connectivity index (χ4n) is 1.39. The number of rotatable bonds is 7. The highest BCUT2D eigenvalue weighted by atomic mass is 19.3. The summed E-state index contributed by atoms with van der Waals surface area (Å²) in [7, 11) is 0. The summed E-state index contributed by atoms with van der Waals surface area (Å²) in [6, 6.07) is 0. The lowest BCUT2D eigenvalue weighted by atomic mass is 10.2. The van der Waals surface area contributed by atoms with Crippen LogP contribution in [0.1, 0.15) is 12.8 Å². The van der Waals surface area contributed by atoms with Gasteiger partial charge in [-0.15, -0.1) is 0 Å². The Labute approximate surface area is 82.8 Å². The molecule has 0 saturated carbocycles. The summed E-state index contributed by atoms with van der Waals surface area (Å²) in [4.78, 5) is 0. The standard InChI is InChI=1S/C9H17F2NO2/c10-9(11)7-13-5-3-12-6-8-2-1-4-14-8/h8-9,12H,1-7H2. The summed E-state index contributed by atoms with van der Waals surface area (Å²) in [5, 5.41) is 3.11. The molecule has 14 heavy (non-hydrogen) atoms. The predicted octanol–water partition coefficient (Wildman–Crippen LogP) is 1.04. The van der Waals surface area contributed by atoms with Crippen molar-refractivity contribution >= 4 is 0 Å². The molecule has 0 aromatic carbocycles. The van der Waals surface area contributed by atoms with Crippen molar-refractivity contribution in [3.05, 3.63) is 0 Å². The molecular weight excluding hydrogens is 192 g/mol. The zero-order valence-corrected chi connectivity index (χ0v) is 8.18. The maximum atomic E-state index is 11.6. The SMILES string of the molecule is FC(F)COCCNCC1CCCO1. The summed E-state index contributed by atoms with van der Waals surface area (Å²) in [5.74, 6) is 0. The molecule has 1 aliphatic heterocycles. The fraction of sp³-hybridized carbons (Fsp3) is 1.00. The van der Waals surface area contributed by atoms with E-state index in [1.807, 2.05) is 0 Å². The number of hydrogen-bond acceptors (Lipinski definition) is 3. The Bertz CT molecular complexity index is 141. The third-order valence-corrected chi connectivity index (χ3v) is 2.06. The zero-order chi connectivity index (χ0) is 10.2. The zero-order valence-electron chi connectivity index (χ0n) is 8.18. The predicted molar refractivity (Wildman–Crippen MR) is 48.7 cm³/mol. The van der Waals surface area contributed by atoms with Gasteiger partial charge in [0, 0.05) is 19.7 Å². The van der Waals surface area contributed by atoms with E-state index in [9.17, 15) is 8.78 Å². The third-order valence-electron chi connectivity index (χ3n) is 2.06. The van der Waals surface area contributed by atoms with Gasteiger partial charge in [-0.3, -0.25) is 0 Å². The highest BCUT2D eigenvalue weighted by Crippen LogP contribution is 2.10. The third kappa shape index (κ3) is 5.47. The quantitative estimate of drug-likeness (QED) is 0.635. The van der Waals surface area contributed by atoms with Crippen molar-refractivity contribution < 1.29 is 18.3 Å². The van der Waals surface area contributed by atoms with Crippen LogP contribution in [0.25, 0.3) is 0 Å².